The summed E-state index contributed by atoms with van der Waals surface area (Å²) >= 11 is 0. The van der Waals surface area contributed by atoms with E-state index in [1.165, 1.54) is 10.8 Å². The zero-order valence-corrected chi connectivity index (χ0v) is 13.8. The molecule has 23 heavy (non-hydrogen) atoms. The molecular formula is C22H22O. The predicted octanol–water partition coefficient (Wildman–Crippen LogP) is 6.42. The molecule has 2 aromatic rings. The second-order valence-electron chi connectivity index (χ2n) is 5.16. The summed E-state index contributed by atoms with van der Waals surface area (Å²) in [5.41, 5.74) is 2.21. The number of hydrogen-bond acceptors (Lipinski definition) is 1. The van der Waals surface area contributed by atoms with Crippen LogP contribution in [0.25, 0.3) is 16.3 Å². The summed E-state index contributed by atoms with van der Waals surface area (Å²) in [6, 6.07) is 14.6. The minimum Gasteiger partial charge on any atom is -0.459 e. The fourth-order valence-corrected chi connectivity index (χ4v) is 2.46. The third-order valence-electron chi connectivity index (χ3n) is 3.38. The van der Waals surface area contributed by atoms with Gasteiger partial charge in [0.15, 0.2) is 0 Å². The van der Waals surface area contributed by atoms with E-state index in [9.17, 15) is 0 Å². The van der Waals surface area contributed by atoms with Crippen LogP contribution in [0.1, 0.15) is 19.4 Å². The molecule has 0 spiro atoms. The van der Waals surface area contributed by atoms with Gasteiger partial charge in [0.2, 0.25) is 0 Å². The summed E-state index contributed by atoms with van der Waals surface area (Å²) in [4.78, 5) is 0. The van der Waals surface area contributed by atoms with Crippen LogP contribution in [-0.2, 0) is 4.74 Å². The number of hydrogen-bond donors (Lipinski definition) is 0. The second kappa shape index (κ2) is 8.00. The predicted molar refractivity (Wildman–Crippen MR) is 101 cm³/mol. The SMILES string of the molecule is C=C(/C=C\C)OC(=C)/C=C(\C=C/C)c1cccc2ccccc12. The molecule has 0 N–H and O–H groups in total. The van der Waals surface area contributed by atoms with E-state index in [0.29, 0.717) is 11.5 Å². The largest absolute Gasteiger partial charge is 0.459 e. The van der Waals surface area contributed by atoms with E-state index in [0.717, 1.165) is 11.1 Å². The van der Waals surface area contributed by atoms with E-state index in [1.807, 2.05) is 44.2 Å². The molecule has 0 amide bonds. The van der Waals surface area contributed by atoms with Gasteiger partial charge in [-0.3, -0.25) is 0 Å². The topological polar surface area (TPSA) is 9.23 Å². The van der Waals surface area contributed by atoms with Crippen LogP contribution in [0, 0.1) is 0 Å². The lowest BCUT2D eigenvalue weighted by Gasteiger charge is -2.10. The molecule has 0 aliphatic carbocycles. The van der Waals surface area contributed by atoms with Crippen LogP contribution in [0.3, 0.4) is 0 Å². The monoisotopic (exact) mass is 302 g/mol. The normalized spacial score (nSPS) is 12.2. The first-order chi connectivity index (χ1) is 11.2. The highest BCUT2D eigenvalue weighted by Gasteiger charge is 2.05. The van der Waals surface area contributed by atoms with Gasteiger partial charge in [-0.1, -0.05) is 73.9 Å². The Morgan fingerprint density at radius 3 is 2.30 bits per heavy atom. The average molecular weight is 302 g/mol. The zero-order valence-electron chi connectivity index (χ0n) is 13.8. The minimum absolute atomic E-state index is 0.564. The molecule has 0 saturated heterocycles. The molecule has 0 bridgehead atoms. The Bertz CT molecular complexity index is 798. The van der Waals surface area contributed by atoms with Gasteiger partial charge in [0, 0.05) is 0 Å². The fourth-order valence-electron chi connectivity index (χ4n) is 2.46. The highest BCUT2D eigenvalue weighted by Crippen LogP contribution is 2.27. The van der Waals surface area contributed by atoms with E-state index in [1.54, 1.807) is 0 Å². The molecule has 0 radical (unpaired) electrons. The Balaban J connectivity index is 2.43. The first-order valence-corrected chi connectivity index (χ1v) is 7.66. The highest BCUT2D eigenvalue weighted by atomic mass is 16.5. The molecule has 0 aliphatic rings. The van der Waals surface area contributed by atoms with Crippen molar-refractivity contribution in [1.29, 1.82) is 0 Å². The van der Waals surface area contributed by atoms with Crippen LogP contribution in [0.2, 0.25) is 0 Å². The summed E-state index contributed by atoms with van der Waals surface area (Å²) in [6.45, 7) is 11.7. The van der Waals surface area contributed by atoms with E-state index in [-0.39, 0.29) is 0 Å². The van der Waals surface area contributed by atoms with Crippen LogP contribution >= 0.6 is 0 Å². The summed E-state index contributed by atoms with van der Waals surface area (Å²) in [5.74, 6) is 1.14. The van der Waals surface area contributed by atoms with Crippen molar-refractivity contribution in [2.45, 2.75) is 13.8 Å². The van der Waals surface area contributed by atoms with E-state index in [4.69, 9.17) is 4.74 Å². The number of benzene rings is 2. The fraction of sp³-hybridized carbons (Fsp3) is 0.0909. The molecule has 0 aliphatic heterocycles. The Kier molecular flexibility index (Phi) is 5.76. The van der Waals surface area contributed by atoms with Gasteiger partial charge in [0.1, 0.15) is 11.5 Å². The summed E-state index contributed by atoms with van der Waals surface area (Å²) in [7, 11) is 0. The van der Waals surface area contributed by atoms with Gasteiger partial charge in [0.25, 0.3) is 0 Å². The lowest BCUT2D eigenvalue weighted by atomic mass is 9.97. The lowest BCUT2D eigenvalue weighted by Crippen LogP contribution is -1.89. The van der Waals surface area contributed by atoms with Crippen LogP contribution in [0.5, 0.6) is 0 Å². The van der Waals surface area contributed by atoms with Crippen molar-refractivity contribution in [3.05, 3.63) is 103 Å². The minimum atomic E-state index is 0.564. The summed E-state index contributed by atoms with van der Waals surface area (Å²) in [5, 5.41) is 2.42. The van der Waals surface area contributed by atoms with E-state index < -0.39 is 0 Å². The highest BCUT2D eigenvalue weighted by molar-refractivity contribution is 5.96. The Morgan fingerprint density at radius 2 is 1.57 bits per heavy atom. The van der Waals surface area contributed by atoms with Gasteiger partial charge < -0.3 is 4.74 Å². The molecule has 0 unspecified atom stereocenters. The first-order valence-electron chi connectivity index (χ1n) is 7.66. The van der Waals surface area contributed by atoms with Crippen molar-refractivity contribution in [2.75, 3.05) is 0 Å². The molecule has 2 aromatic carbocycles. The zero-order chi connectivity index (χ0) is 16.7. The van der Waals surface area contributed by atoms with Crippen LogP contribution < -0.4 is 0 Å². The Labute approximate surface area is 138 Å². The van der Waals surface area contributed by atoms with Crippen molar-refractivity contribution in [1.82, 2.24) is 0 Å². The number of allylic oxidation sites excluding steroid dienone is 6. The van der Waals surface area contributed by atoms with Crippen molar-refractivity contribution in [3.8, 4) is 0 Å². The molecule has 0 aromatic heterocycles. The van der Waals surface area contributed by atoms with Crippen molar-refractivity contribution >= 4 is 16.3 Å². The van der Waals surface area contributed by atoms with Gasteiger partial charge in [-0.15, -0.1) is 0 Å². The smallest absolute Gasteiger partial charge is 0.120 e. The average Bonchev–Trinajstić information content (AvgIpc) is 2.54. The number of rotatable bonds is 6. The van der Waals surface area contributed by atoms with Gasteiger partial charge in [0.05, 0.1) is 0 Å². The van der Waals surface area contributed by atoms with Crippen LogP contribution in [-0.4, -0.2) is 0 Å². The van der Waals surface area contributed by atoms with Crippen molar-refractivity contribution in [2.24, 2.45) is 0 Å². The molecule has 0 saturated carbocycles. The molecule has 1 nitrogen and oxygen atoms in total. The molecule has 0 heterocycles. The number of ether oxygens (including phenoxy) is 1. The van der Waals surface area contributed by atoms with Gasteiger partial charge in [-0.25, -0.2) is 0 Å². The standard InChI is InChI=1S/C22H22O/c1-5-10-17(3)23-18(4)16-20(11-6-2)22-15-9-13-19-12-7-8-14-21(19)22/h5-16H,3-4H2,1-2H3/b10-5-,11-6-,20-16+. The van der Waals surface area contributed by atoms with Crippen molar-refractivity contribution < 1.29 is 4.74 Å². The quantitative estimate of drug-likeness (QED) is 0.442. The summed E-state index contributed by atoms with van der Waals surface area (Å²) in [6.07, 6.45) is 9.72. The third-order valence-corrected chi connectivity index (χ3v) is 3.38. The molecule has 1 heteroatoms. The van der Waals surface area contributed by atoms with Crippen LogP contribution in [0.4, 0.5) is 0 Å². The number of fused-ring (bicyclic) bond motifs is 1. The first kappa shape index (κ1) is 16.6. The van der Waals surface area contributed by atoms with Crippen LogP contribution in [0.15, 0.2) is 97.5 Å². The summed E-state index contributed by atoms with van der Waals surface area (Å²) < 4.78 is 5.62. The third kappa shape index (κ3) is 4.33. The maximum Gasteiger partial charge on any atom is 0.120 e. The maximum absolute atomic E-state index is 5.62. The van der Waals surface area contributed by atoms with Gasteiger partial charge in [-0.05, 0) is 47.9 Å². The maximum atomic E-state index is 5.62. The molecule has 0 fully saturated rings. The Morgan fingerprint density at radius 1 is 0.870 bits per heavy atom. The molecule has 2 rings (SSSR count). The van der Waals surface area contributed by atoms with Gasteiger partial charge >= 0.3 is 0 Å². The Hall–Kier alpha value is -2.80. The molecule has 0 atom stereocenters. The van der Waals surface area contributed by atoms with Crippen molar-refractivity contribution in [3.63, 3.8) is 0 Å². The van der Waals surface area contributed by atoms with E-state index in [2.05, 4.69) is 55.6 Å². The molecule has 116 valence electrons. The van der Waals surface area contributed by atoms with E-state index >= 15 is 0 Å². The molecular weight excluding hydrogens is 280 g/mol. The van der Waals surface area contributed by atoms with Gasteiger partial charge in [-0.2, -0.15) is 0 Å². The second-order valence-corrected chi connectivity index (χ2v) is 5.16. The lowest BCUT2D eigenvalue weighted by molar-refractivity contribution is 0.340.